The number of nitrogen functional groups attached to an aromatic ring is 1. The number of hydrogen-bond donors (Lipinski definition) is 2. The highest BCUT2D eigenvalue weighted by molar-refractivity contribution is 5.95. The molecule has 1 rings (SSSR count). The van der Waals surface area contributed by atoms with E-state index in [9.17, 15) is 18.0 Å². The van der Waals surface area contributed by atoms with Gasteiger partial charge in [0.1, 0.15) is 0 Å². The van der Waals surface area contributed by atoms with Crippen molar-refractivity contribution in [2.75, 3.05) is 5.73 Å². The molecule has 3 N–H and O–H groups in total. The summed E-state index contributed by atoms with van der Waals surface area (Å²) in [6, 6.07) is 3.71. The lowest BCUT2D eigenvalue weighted by molar-refractivity contribution is -0.138. The number of benzene rings is 1. The van der Waals surface area contributed by atoms with Crippen molar-refractivity contribution in [2.45, 2.75) is 32.5 Å². The zero-order valence-corrected chi connectivity index (χ0v) is 10.1. The number of amides is 1. The summed E-state index contributed by atoms with van der Waals surface area (Å²) >= 11 is 0. The monoisotopic (exact) mass is 260 g/mol. The summed E-state index contributed by atoms with van der Waals surface area (Å²) in [5, 5.41) is 2.29. The van der Waals surface area contributed by atoms with E-state index in [2.05, 4.69) is 5.32 Å². The van der Waals surface area contributed by atoms with Gasteiger partial charge < -0.3 is 11.1 Å². The Hall–Kier alpha value is -1.72. The Morgan fingerprint density at radius 3 is 2.50 bits per heavy atom. The molecule has 0 radical (unpaired) electrons. The number of hydrogen-bond acceptors (Lipinski definition) is 2. The van der Waals surface area contributed by atoms with Crippen molar-refractivity contribution in [1.29, 1.82) is 0 Å². The van der Waals surface area contributed by atoms with Crippen LogP contribution in [0.5, 0.6) is 0 Å². The minimum absolute atomic E-state index is 0.265. The third-order valence-electron chi connectivity index (χ3n) is 2.28. The smallest absolute Gasteiger partial charge is 0.391 e. The van der Waals surface area contributed by atoms with Gasteiger partial charge in [0.15, 0.2) is 0 Å². The van der Waals surface area contributed by atoms with E-state index in [4.69, 9.17) is 5.73 Å². The first kappa shape index (κ1) is 14.3. The van der Waals surface area contributed by atoms with Crippen molar-refractivity contribution in [3.8, 4) is 0 Å². The van der Waals surface area contributed by atoms with Gasteiger partial charge in [-0.3, -0.25) is 4.79 Å². The van der Waals surface area contributed by atoms with E-state index in [1.807, 2.05) is 0 Å². The number of rotatable bonds is 3. The Labute approximate surface area is 103 Å². The van der Waals surface area contributed by atoms with E-state index in [0.717, 1.165) is 5.56 Å². The van der Waals surface area contributed by atoms with Crippen LogP contribution in [0.15, 0.2) is 18.2 Å². The van der Waals surface area contributed by atoms with Gasteiger partial charge in [0.05, 0.1) is 6.42 Å². The molecule has 0 spiro atoms. The molecule has 0 aliphatic heterocycles. The molecule has 18 heavy (non-hydrogen) atoms. The topological polar surface area (TPSA) is 55.1 Å². The Balaban J connectivity index is 2.70. The Kier molecular flexibility index (Phi) is 4.21. The first-order chi connectivity index (χ1) is 8.17. The van der Waals surface area contributed by atoms with Gasteiger partial charge in [-0.1, -0.05) is 0 Å². The molecule has 100 valence electrons. The van der Waals surface area contributed by atoms with Crippen molar-refractivity contribution in [2.24, 2.45) is 0 Å². The predicted octanol–water partition coefficient (Wildman–Crippen LogP) is 2.65. The largest absolute Gasteiger partial charge is 0.399 e. The molecular formula is C12H15F3N2O. The summed E-state index contributed by atoms with van der Waals surface area (Å²) in [7, 11) is 0. The fraction of sp³-hybridized carbons (Fsp3) is 0.417. The number of carbonyl (C=O) groups is 1. The van der Waals surface area contributed by atoms with Crippen LogP contribution in [0.25, 0.3) is 0 Å². The lowest BCUT2D eigenvalue weighted by Gasteiger charge is -2.16. The summed E-state index contributed by atoms with van der Waals surface area (Å²) in [4.78, 5) is 11.7. The van der Waals surface area contributed by atoms with Gasteiger partial charge in [-0.15, -0.1) is 0 Å². The molecule has 0 saturated carbocycles. The molecule has 0 saturated heterocycles. The van der Waals surface area contributed by atoms with E-state index < -0.39 is 24.5 Å². The molecule has 0 fully saturated rings. The SMILES string of the molecule is Cc1cc(N)cc(C(=O)NC(C)CC(F)(F)F)c1. The number of halogens is 3. The zero-order chi connectivity index (χ0) is 13.9. The van der Waals surface area contributed by atoms with Crippen molar-refractivity contribution in [3.63, 3.8) is 0 Å². The highest BCUT2D eigenvalue weighted by Crippen LogP contribution is 2.21. The summed E-state index contributed by atoms with van der Waals surface area (Å²) in [5.41, 5.74) is 7.02. The molecule has 6 heteroatoms. The average molecular weight is 260 g/mol. The van der Waals surface area contributed by atoms with Gasteiger partial charge in [-0.25, -0.2) is 0 Å². The van der Waals surface area contributed by atoms with Crippen molar-refractivity contribution >= 4 is 11.6 Å². The first-order valence-electron chi connectivity index (χ1n) is 5.42. The number of alkyl halides is 3. The van der Waals surface area contributed by atoms with Crippen LogP contribution in [-0.2, 0) is 0 Å². The second kappa shape index (κ2) is 5.29. The van der Waals surface area contributed by atoms with Crippen LogP contribution < -0.4 is 11.1 Å². The van der Waals surface area contributed by atoms with Crippen LogP contribution in [0.1, 0.15) is 29.3 Å². The molecule has 1 unspecified atom stereocenters. The first-order valence-corrected chi connectivity index (χ1v) is 5.42. The molecule has 1 atom stereocenters. The van der Waals surface area contributed by atoms with E-state index in [1.54, 1.807) is 19.1 Å². The van der Waals surface area contributed by atoms with Crippen molar-refractivity contribution in [1.82, 2.24) is 5.32 Å². The zero-order valence-electron chi connectivity index (χ0n) is 10.1. The lowest BCUT2D eigenvalue weighted by Crippen LogP contribution is -2.36. The predicted molar refractivity (Wildman–Crippen MR) is 63.2 cm³/mol. The van der Waals surface area contributed by atoms with Crippen LogP contribution in [-0.4, -0.2) is 18.1 Å². The van der Waals surface area contributed by atoms with E-state index >= 15 is 0 Å². The second-order valence-corrected chi connectivity index (χ2v) is 4.33. The quantitative estimate of drug-likeness (QED) is 0.821. The molecule has 0 bridgehead atoms. The molecule has 1 amide bonds. The summed E-state index contributed by atoms with van der Waals surface area (Å²) < 4.78 is 36.3. The van der Waals surface area contributed by atoms with E-state index in [1.165, 1.54) is 13.0 Å². The molecule has 1 aromatic rings. The van der Waals surface area contributed by atoms with Crippen LogP contribution in [0.3, 0.4) is 0 Å². The van der Waals surface area contributed by atoms with Crippen LogP contribution in [0.2, 0.25) is 0 Å². The fourth-order valence-electron chi connectivity index (χ4n) is 1.65. The van der Waals surface area contributed by atoms with Crippen molar-refractivity contribution in [3.05, 3.63) is 29.3 Å². The van der Waals surface area contributed by atoms with Gasteiger partial charge in [0.2, 0.25) is 0 Å². The van der Waals surface area contributed by atoms with Gasteiger partial charge in [-0.2, -0.15) is 13.2 Å². The number of nitrogens with one attached hydrogen (secondary N) is 1. The molecule has 3 nitrogen and oxygen atoms in total. The van der Waals surface area contributed by atoms with E-state index in [-0.39, 0.29) is 5.56 Å². The highest BCUT2D eigenvalue weighted by atomic mass is 19.4. The number of carbonyl (C=O) groups excluding carboxylic acids is 1. The maximum atomic E-state index is 12.1. The van der Waals surface area contributed by atoms with Crippen molar-refractivity contribution < 1.29 is 18.0 Å². The lowest BCUT2D eigenvalue weighted by atomic mass is 10.1. The fourth-order valence-corrected chi connectivity index (χ4v) is 1.65. The Morgan fingerprint density at radius 2 is 2.00 bits per heavy atom. The third kappa shape index (κ3) is 4.65. The molecular weight excluding hydrogens is 245 g/mol. The van der Waals surface area contributed by atoms with Crippen LogP contribution >= 0.6 is 0 Å². The summed E-state index contributed by atoms with van der Waals surface area (Å²) in [6.45, 7) is 3.07. The number of anilines is 1. The molecule has 0 aliphatic carbocycles. The normalized spacial score (nSPS) is 13.2. The van der Waals surface area contributed by atoms with Gasteiger partial charge in [0, 0.05) is 17.3 Å². The number of aryl methyl sites for hydroxylation is 1. The van der Waals surface area contributed by atoms with Gasteiger partial charge in [-0.05, 0) is 37.6 Å². The van der Waals surface area contributed by atoms with E-state index in [0.29, 0.717) is 5.69 Å². The maximum absolute atomic E-state index is 12.1. The minimum Gasteiger partial charge on any atom is -0.399 e. The number of nitrogens with two attached hydrogens (primary N) is 1. The standard InChI is InChI=1S/C12H15F3N2O/c1-7-3-9(5-10(16)4-7)11(18)17-8(2)6-12(13,14)15/h3-5,8H,6,16H2,1-2H3,(H,17,18). The van der Waals surface area contributed by atoms with Gasteiger partial charge >= 0.3 is 6.18 Å². The van der Waals surface area contributed by atoms with Gasteiger partial charge in [0.25, 0.3) is 5.91 Å². The second-order valence-electron chi connectivity index (χ2n) is 4.33. The minimum atomic E-state index is -4.29. The third-order valence-corrected chi connectivity index (χ3v) is 2.28. The van der Waals surface area contributed by atoms with Crippen LogP contribution in [0, 0.1) is 6.92 Å². The average Bonchev–Trinajstić information content (AvgIpc) is 2.12. The molecule has 1 aromatic carbocycles. The highest BCUT2D eigenvalue weighted by Gasteiger charge is 2.30. The summed E-state index contributed by atoms with van der Waals surface area (Å²) in [5.74, 6) is -0.554. The Bertz CT molecular complexity index is 423. The molecule has 0 aromatic heterocycles. The molecule has 0 heterocycles. The van der Waals surface area contributed by atoms with Crippen LogP contribution in [0.4, 0.5) is 18.9 Å². The maximum Gasteiger partial charge on any atom is 0.391 e. The summed E-state index contributed by atoms with van der Waals surface area (Å²) in [6.07, 6.45) is -5.35. The molecule has 0 aliphatic rings. The Morgan fingerprint density at radius 1 is 1.39 bits per heavy atom.